The summed E-state index contributed by atoms with van der Waals surface area (Å²) in [5.41, 5.74) is 2.65. The van der Waals surface area contributed by atoms with Crippen LogP contribution in [0.5, 0.6) is 11.5 Å². The van der Waals surface area contributed by atoms with Crippen molar-refractivity contribution in [3.8, 4) is 11.5 Å². The van der Waals surface area contributed by atoms with Crippen molar-refractivity contribution in [2.45, 2.75) is 18.4 Å². The maximum atomic E-state index is 13.5. The van der Waals surface area contributed by atoms with E-state index in [2.05, 4.69) is 5.32 Å². The number of benzene rings is 3. The highest BCUT2D eigenvalue weighted by Crippen LogP contribution is 2.32. The summed E-state index contributed by atoms with van der Waals surface area (Å²) in [6, 6.07) is 17.9. The normalized spacial score (nSPS) is 11.2. The van der Waals surface area contributed by atoms with Gasteiger partial charge in [-0.2, -0.15) is 0 Å². The molecular weight excluding hydrogens is 431 g/mol. The van der Waals surface area contributed by atoms with E-state index >= 15 is 0 Å². The Morgan fingerprint density at radius 2 is 1.56 bits per heavy atom. The van der Waals surface area contributed by atoms with Crippen molar-refractivity contribution < 1.29 is 22.3 Å². The Balaban J connectivity index is 1.83. The van der Waals surface area contributed by atoms with Crippen molar-refractivity contribution in [1.82, 2.24) is 5.32 Å². The van der Waals surface area contributed by atoms with Crippen LogP contribution in [0.25, 0.3) is 0 Å². The first-order chi connectivity index (χ1) is 15.3. The third-order valence-corrected chi connectivity index (χ3v) is 6.82. The quantitative estimate of drug-likeness (QED) is 0.463. The molecule has 170 valence electrons. The number of ether oxygens (including phenoxy) is 2. The summed E-state index contributed by atoms with van der Waals surface area (Å²) in [6.45, 7) is 3.19. The summed E-state index contributed by atoms with van der Waals surface area (Å²) in [7, 11) is -1.01. The van der Waals surface area contributed by atoms with Crippen LogP contribution in [0.3, 0.4) is 0 Å². The molecule has 0 aromatic heterocycles. The Bertz CT molecular complexity index is 1130. The molecule has 0 aliphatic heterocycles. The zero-order valence-electron chi connectivity index (χ0n) is 18.3. The van der Waals surface area contributed by atoms with Crippen molar-refractivity contribution >= 4 is 15.7 Å². The Morgan fingerprint density at radius 1 is 0.906 bits per heavy atom. The van der Waals surface area contributed by atoms with Crippen molar-refractivity contribution in [3.63, 3.8) is 0 Å². The van der Waals surface area contributed by atoms with Gasteiger partial charge in [-0.05, 0) is 48.9 Å². The number of sulfonamides is 1. The maximum Gasteiger partial charge on any atom is 0.264 e. The fourth-order valence-electron chi connectivity index (χ4n) is 3.22. The van der Waals surface area contributed by atoms with Gasteiger partial charge in [0.05, 0.1) is 24.8 Å². The summed E-state index contributed by atoms with van der Waals surface area (Å²) >= 11 is 0. The van der Waals surface area contributed by atoms with Crippen LogP contribution in [0.1, 0.15) is 11.1 Å². The molecule has 3 aromatic carbocycles. The van der Waals surface area contributed by atoms with Gasteiger partial charge in [-0.25, -0.2) is 12.8 Å². The molecule has 0 fully saturated rings. The van der Waals surface area contributed by atoms with Crippen LogP contribution in [0.2, 0.25) is 0 Å². The van der Waals surface area contributed by atoms with E-state index in [0.29, 0.717) is 30.3 Å². The van der Waals surface area contributed by atoms with E-state index in [9.17, 15) is 12.8 Å². The molecule has 0 aliphatic carbocycles. The first kappa shape index (κ1) is 23.6. The number of methoxy groups -OCH3 is 2. The Labute approximate surface area is 188 Å². The minimum Gasteiger partial charge on any atom is -0.493 e. The van der Waals surface area contributed by atoms with Crippen LogP contribution in [-0.2, 0) is 16.6 Å². The molecule has 0 saturated carbocycles. The number of nitrogens with one attached hydrogen (secondary N) is 1. The highest BCUT2D eigenvalue weighted by Gasteiger charge is 2.26. The molecule has 0 saturated heterocycles. The minimum atomic E-state index is -3.94. The van der Waals surface area contributed by atoms with Crippen LogP contribution in [0.4, 0.5) is 10.1 Å². The average Bonchev–Trinajstić information content (AvgIpc) is 2.80. The molecule has 0 heterocycles. The van der Waals surface area contributed by atoms with Crippen LogP contribution in [0.15, 0.2) is 71.6 Å². The zero-order chi connectivity index (χ0) is 23.1. The maximum absolute atomic E-state index is 13.5. The number of aryl methyl sites for hydroxylation is 1. The lowest BCUT2D eigenvalue weighted by atomic mass is 10.1. The number of anilines is 1. The van der Waals surface area contributed by atoms with E-state index in [1.807, 2.05) is 31.2 Å². The Kier molecular flexibility index (Phi) is 7.71. The van der Waals surface area contributed by atoms with Gasteiger partial charge in [0.15, 0.2) is 11.5 Å². The van der Waals surface area contributed by atoms with Crippen LogP contribution >= 0.6 is 0 Å². The second kappa shape index (κ2) is 10.5. The molecule has 0 unspecified atom stereocenters. The van der Waals surface area contributed by atoms with Gasteiger partial charge in [0.1, 0.15) is 5.82 Å². The second-order valence-electron chi connectivity index (χ2n) is 7.23. The fourth-order valence-corrected chi connectivity index (χ4v) is 4.70. The number of nitrogens with zero attached hydrogens (tertiary/aromatic N) is 1. The Morgan fingerprint density at radius 3 is 2.19 bits per heavy atom. The van der Waals surface area contributed by atoms with Crippen molar-refractivity contribution in [3.05, 3.63) is 83.7 Å². The van der Waals surface area contributed by atoms with E-state index in [-0.39, 0.29) is 11.4 Å². The highest BCUT2D eigenvalue weighted by atomic mass is 32.2. The number of halogens is 1. The van der Waals surface area contributed by atoms with Gasteiger partial charge in [0.25, 0.3) is 10.0 Å². The smallest absolute Gasteiger partial charge is 0.264 e. The lowest BCUT2D eigenvalue weighted by Gasteiger charge is -2.25. The first-order valence-electron chi connectivity index (χ1n) is 10.1. The fraction of sp³-hybridized carbons (Fsp3) is 0.250. The summed E-state index contributed by atoms with van der Waals surface area (Å²) in [6.07, 6.45) is 0. The molecule has 1 N–H and O–H groups in total. The van der Waals surface area contributed by atoms with Crippen LogP contribution in [-0.4, -0.2) is 35.7 Å². The SMILES string of the molecule is COc1ccc(S(=O)(=O)N(CCNCc2ccc(C)cc2)c2ccc(F)cc2)cc1OC. The molecule has 0 radical (unpaired) electrons. The minimum absolute atomic E-state index is 0.0537. The van der Waals surface area contributed by atoms with Crippen molar-refractivity contribution in [1.29, 1.82) is 0 Å². The number of hydrogen-bond acceptors (Lipinski definition) is 5. The molecule has 0 aliphatic rings. The number of rotatable bonds is 10. The van der Waals surface area contributed by atoms with E-state index in [1.54, 1.807) is 6.07 Å². The third-order valence-electron chi connectivity index (χ3n) is 5.00. The van der Waals surface area contributed by atoms with Crippen LogP contribution in [0, 0.1) is 12.7 Å². The van der Waals surface area contributed by atoms with Gasteiger partial charge < -0.3 is 14.8 Å². The molecule has 3 aromatic rings. The largest absolute Gasteiger partial charge is 0.493 e. The van der Waals surface area contributed by atoms with E-state index < -0.39 is 15.8 Å². The van der Waals surface area contributed by atoms with E-state index in [4.69, 9.17) is 9.47 Å². The zero-order valence-corrected chi connectivity index (χ0v) is 19.2. The third kappa shape index (κ3) is 5.57. The molecule has 0 bridgehead atoms. The average molecular weight is 459 g/mol. The molecule has 32 heavy (non-hydrogen) atoms. The molecule has 6 nitrogen and oxygen atoms in total. The Hall–Kier alpha value is -3.10. The second-order valence-corrected chi connectivity index (χ2v) is 9.10. The summed E-state index contributed by atoms with van der Waals surface area (Å²) < 4.78 is 52.2. The summed E-state index contributed by atoms with van der Waals surface area (Å²) in [5.74, 6) is 0.305. The van der Waals surface area contributed by atoms with E-state index in [1.165, 1.54) is 60.5 Å². The van der Waals surface area contributed by atoms with Crippen LogP contribution < -0.4 is 19.1 Å². The topological polar surface area (TPSA) is 67.9 Å². The predicted octanol–water partition coefficient (Wildman–Crippen LogP) is 4.14. The first-order valence-corrected chi connectivity index (χ1v) is 11.6. The lowest BCUT2D eigenvalue weighted by Crippen LogP contribution is -2.37. The molecule has 3 rings (SSSR count). The van der Waals surface area contributed by atoms with Gasteiger partial charge in [0, 0.05) is 25.7 Å². The molecule has 0 amide bonds. The van der Waals surface area contributed by atoms with Gasteiger partial charge in [-0.15, -0.1) is 0 Å². The van der Waals surface area contributed by atoms with Gasteiger partial charge in [-0.3, -0.25) is 4.31 Å². The van der Waals surface area contributed by atoms with Crippen molar-refractivity contribution in [2.75, 3.05) is 31.6 Å². The summed E-state index contributed by atoms with van der Waals surface area (Å²) in [4.78, 5) is 0.0537. The predicted molar refractivity (Wildman–Crippen MR) is 123 cm³/mol. The molecule has 0 atom stereocenters. The standard InChI is InChI=1S/C24H27FN2O4S/c1-18-4-6-19(7-5-18)17-26-14-15-27(21-10-8-20(25)9-11-21)32(28,29)22-12-13-23(30-2)24(16-22)31-3/h4-13,16,26H,14-15,17H2,1-3H3. The van der Waals surface area contributed by atoms with Gasteiger partial charge in [-0.1, -0.05) is 29.8 Å². The van der Waals surface area contributed by atoms with Gasteiger partial charge >= 0.3 is 0 Å². The lowest BCUT2D eigenvalue weighted by molar-refractivity contribution is 0.354. The number of hydrogen-bond donors (Lipinski definition) is 1. The highest BCUT2D eigenvalue weighted by molar-refractivity contribution is 7.92. The molecule has 0 spiro atoms. The van der Waals surface area contributed by atoms with Gasteiger partial charge in [0.2, 0.25) is 0 Å². The molecule has 8 heteroatoms. The van der Waals surface area contributed by atoms with E-state index in [0.717, 1.165) is 5.56 Å². The van der Waals surface area contributed by atoms with Crippen molar-refractivity contribution in [2.24, 2.45) is 0 Å². The monoisotopic (exact) mass is 458 g/mol. The molecular formula is C24H27FN2O4S. The summed E-state index contributed by atoms with van der Waals surface area (Å²) in [5, 5.41) is 3.27.